The minimum Gasteiger partial charge on any atom is -0.361 e. The minimum atomic E-state index is -3.59. The van der Waals surface area contributed by atoms with Gasteiger partial charge in [0, 0.05) is 42.8 Å². The minimum absolute atomic E-state index is 0.0256. The van der Waals surface area contributed by atoms with Crippen LogP contribution in [0.5, 0.6) is 0 Å². The largest absolute Gasteiger partial charge is 0.361 e. The smallest absolute Gasteiger partial charge is 0.243 e. The number of nitrogens with zero attached hydrogens (tertiary/aromatic N) is 3. The summed E-state index contributed by atoms with van der Waals surface area (Å²) in [5, 5.41) is 8.08. The van der Waals surface area contributed by atoms with Crippen LogP contribution in [0.1, 0.15) is 36.6 Å². The van der Waals surface area contributed by atoms with E-state index in [1.54, 1.807) is 28.6 Å². The zero-order chi connectivity index (χ0) is 17.8. The van der Waals surface area contributed by atoms with Crippen molar-refractivity contribution >= 4 is 27.4 Å². The molecule has 4 rings (SSSR count). The molecule has 0 saturated carbocycles. The molecule has 0 aliphatic carbocycles. The lowest BCUT2D eigenvalue weighted by atomic mass is 9.85. The Morgan fingerprint density at radius 1 is 1.24 bits per heavy atom. The zero-order valence-electron chi connectivity index (χ0n) is 14.2. The molecule has 1 fully saturated rings. The monoisotopic (exact) mass is 380 g/mol. The number of hydrogen-bond donors (Lipinski definition) is 1. The van der Waals surface area contributed by atoms with Gasteiger partial charge >= 0.3 is 0 Å². The molecule has 134 valence electrons. The maximum atomic E-state index is 13.4. The molecule has 0 radical (unpaired) electrons. The number of benzene rings is 1. The highest BCUT2D eigenvalue weighted by Gasteiger charge is 2.46. The van der Waals surface area contributed by atoms with E-state index in [1.807, 2.05) is 19.0 Å². The third-order valence-electron chi connectivity index (χ3n) is 5.13. The molecule has 2 atom stereocenters. The number of rotatable bonds is 3. The molecule has 25 heavy (non-hydrogen) atoms. The molecule has 2 unspecified atom stereocenters. The van der Waals surface area contributed by atoms with Crippen molar-refractivity contribution in [3.63, 3.8) is 0 Å². The number of halogens is 1. The molecule has 0 spiro atoms. The van der Waals surface area contributed by atoms with E-state index < -0.39 is 10.0 Å². The van der Waals surface area contributed by atoms with Crippen molar-refractivity contribution in [3.8, 4) is 0 Å². The van der Waals surface area contributed by atoms with Crippen molar-refractivity contribution < 1.29 is 8.42 Å². The standard InChI is InChI=1S/C17H21ClN4O2S/c1-21(2)17-16-14(19-20-17)10-12-4-3-5-15(16)22(12)25(23,24)13-8-6-11(18)7-9-13/h6-9,12,15H,3-5,10H2,1-2H3,(H,19,20). The normalized spacial score (nSPS) is 23.3. The first-order valence-electron chi connectivity index (χ1n) is 8.43. The van der Waals surface area contributed by atoms with E-state index in [9.17, 15) is 8.42 Å². The number of aromatic nitrogens is 2. The highest BCUT2D eigenvalue weighted by Crippen LogP contribution is 2.47. The maximum Gasteiger partial charge on any atom is 0.243 e. The SMILES string of the molecule is CN(C)c1n[nH]c2c1C1CCCC(C2)N1S(=O)(=O)c1ccc(Cl)cc1. The third-order valence-corrected chi connectivity index (χ3v) is 7.36. The summed E-state index contributed by atoms with van der Waals surface area (Å²) in [5.41, 5.74) is 2.10. The van der Waals surface area contributed by atoms with Crippen molar-refractivity contribution in [3.05, 3.63) is 40.5 Å². The number of sulfonamides is 1. The molecule has 2 bridgehead atoms. The molecule has 8 heteroatoms. The summed E-state index contributed by atoms with van der Waals surface area (Å²) >= 11 is 5.92. The average Bonchev–Trinajstić information content (AvgIpc) is 2.98. The lowest BCUT2D eigenvalue weighted by Gasteiger charge is -2.44. The Morgan fingerprint density at radius 3 is 2.64 bits per heavy atom. The van der Waals surface area contributed by atoms with Crippen molar-refractivity contribution in [1.82, 2.24) is 14.5 Å². The van der Waals surface area contributed by atoms with Gasteiger partial charge in [0.1, 0.15) is 0 Å². The number of fused-ring (bicyclic) bond motifs is 4. The molecule has 1 aromatic carbocycles. The van der Waals surface area contributed by atoms with E-state index in [2.05, 4.69) is 10.2 Å². The fourth-order valence-electron chi connectivity index (χ4n) is 4.07. The Hall–Kier alpha value is -1.57. The molecule has 2 aromatic rings. The first kappa shape index (κ1) is 16.9. The molecule has 0 amide bonds. The molecular weight excluding hydrogens is 360 g/mol. The second-order valence-corrected chi connectivity index (χ2v) is 9.21. The molecular formula is C17H21ClN4O2S. The van der Waals surface area contributed by atoms with Gasteiger partial charge in [0.15, 0.2) is 5.82 Å². The second kappa shape index (κ2) is 6.00. The van der Waals surface area contributed by atoms with E-state index in [0.717, 1.165) is 36.3 Å². The predicted molar refractivity (Wildman–Crippen MR) is 97.5 cm³/mol. The van der Waals surface area contributed by atoms with Gasteiger partial charge in [-0.15, -0.1) is 0 Å². The number of anilines is 1. The van der Waals surface area contributed by atoms with Crippen LogP contribution in [0.25, 0.3) is 0 Å². The molecule has 2 aliphatic rings. The Morgan fingerprint density at radius 2 is 1.96 bits per heavy atom. The van der Waals surface area contributed by atoms with Gasteiger partial charge in [0.2, 0.25) is 10.0 Å². The first-order chi connectivity index (χ1) is 11.9. The quantitative estimate of drug-likeness (QED) is 0.888. The summed E-state index contributed by atoms with van der Waals surface area (Å²) < 4.78 is 28.4. The van der Waals surface area contributed by atoms with Gasteiger partial charge in [-0.25, -0.2) is 8.42 Å². The summed E-state index contributed by atoms with van der Waals surface area (Å²) in [5.74, 6) is 0.830. The Bertz CT molecular complexity index is 892. The number of piperidine rings is 1. The van der Waals surface area contributed by atoms with Crippen LogP contribution in [0, 0.1) is 0 Å². The zero-order valence-corrected chi connectivity index (χ0v) is 15.8. The van der Waals surface area contributed by atoms with Crippen molar-refractivity contribution in [1.29, 1.82) is 0 Å². The predicted octanol–water partition coefficient (Wildman–Crippen LogP) is 2.97. The fourth-order valence-corrected chi connectivity index (χ4v) is 6.04. The molecule has 6 nitrogen and oxygen atoms in total. The van der Waals surface area contributed by atoms with Crippen LogP contribution in [-0.2, 0) is 16.4 Å². The molecule has 3 heterocycles. The van der Waals surface area contributed by atoms with Crippen LogP contribution in [0.15, 0.2) is 29.2 Å². The summed E-state index contributed by atoms with van der Waals surface area (Å²) in [6, 6.07) is 6.24. The lowest BCUT2D eigenvalue weighted by molar-refractivity contribution is 0.163. The number of aromatic amines is 1. The second-order valence-electron chi connectivity index (χ2n) is 6.93. The van der Waals surface area contributed by atoms with E-state index in [-0.39, 0.29) is 12.1 Å². The highest BCUT2D eigenvalue weighted by atomic mass is 35.5. The Balaban J connectivity index is 1.82. The Labute approximate surface area is 152 Å². The maximum absolute atomic E-state index is 13.4. The Kier molecular flexibility index (Phi) is 4.05. The fraction of sp³-hybridized carbons (Fsp3) is 0.471. The topological polar surface area (TPSA) is 69.3 Å². The van der Waals surface area contributed by atoms with E-state index >= 15 is 0 Å². The van der Waals surface area contributed by atoms with Crippen LogP contribution in [0.2, 0.25) is 5.02 Å². The van der Waals surface area contributed by atoms with Crippen molar-refractivity contribution in [2.45, 2.75) is 42.7 Å². The number of H-pyrrole nitrogens is 1. The van der Waals surface area contributed by atoms with Gasteiger partial charge in [-0.05, 0) is 43.5 Å². The van der Waals surface area contributed by atoms with Gasteiger partial charge in [0.05, 0.1) is 10.9 Å². The van der Waals surface area contributed by atoms with Gasteiger partial charge < -0.3 is 4.90 Å². The van der Waals surface area contributed by atoms with Gasteiger partial charge in [-0.1, -0.05) is 11.6 Å². The van der Waals surface area contributed by atoms with E-state index in [1.165, 1.54) is 0 Å². The molecule has 1 saturated heterocycles. The van der Waals surface area contributed by atoms with Crippen LogP contribution >= 0.6 is 11.6 Å². The summed E-state index contributed by atoms with van der Waals surface area (Å²) in [4.78, 5) is 2.24. The molecule has 2 aliphatic heterocycles. The number of hydrogen-bond acceptors (Lipinski definition) is 4. The lowest BCUT2D eigenvalue weighted by Crippen LogP contribution is -2.49. The van der Waals surface area contributed by atoms with Crippen LogP contribution in [0.3, 0.4) is 0 Å². The highest BCUT2D eigenvalue weighted by molar-refractivity contribution is 7.89. The van der Waals surface area contributed by atoms with Gasteiger partial charge in [-0.2, -0.15) is 9.40 Å². The van der Waals surface area contributed by atoms with Crippen LogP contribution < -0.4 is 4.90 Å². The van der Waals surface area contributed by atoms with Gasteiger partial charge in [-0.3, -0.25) is 5.10 Å². The summed E-state index contributed by atoms with van der Waals surface area (Å²) in [6.45, 7) is 0. The number of nitrogens with one attached hydrogen (secondary N) is 1. The summed E-state index contributed by atoms with van der Waals surface area (Å²) in [6.07, 6.45) is 3.40. The first-order valence-corrected chi connectivity index (χ1v) is 10.2. The van der Waals surface area contributed by atoms with E-state index in [0.29, 0.717) is 16.3 Å². The van der Waals surface area contributed by atoms with E-state index in [4.69, 9.17) is 11.6 Å². The van der Waals surface area contributed by atoms with Gasteiger partial charge in [0.25, 0.3) is 0 Å². The van der Waals surface area contributed by atoms with Crippen molar-refractivity contribution in [2.24, 2.45) is 0 Å². The van der Waals surface area contributed by atoms with Crippen LogP contribution in [-0.4, -0.2) is 43.1 Å². The van der Waals surface area contributed by atoms with Crippen LogP contribution in [0.4, 0.5) is 5.82 Å². The third kappa shape index (κ3) is 2.65. The summed E-state index contributed by atoms with van der Waals surface area (Å²) in [7, 11) is 0.281. The molecule has 1 N–H and O–H groups in total. The van der Waals surface area contributed by atoms with Crippen molar-refractivity contribution in [2.75, 3.05) is 19.0 Å². The average molecular weight is 381 g/mol. The molecule has 1 aromatic heterocycles.